The molecule has 0 saturated carbocycles. The van der Waals surface area contributed by atoms with Gasteiger partial charge in [0.25, 0.3) is 5.91 Å². The Morgan fingerprint density at radius 3 is 2.68 bits per heavy atom. The van der Waals surface area contributed by atoms with Gasteiger partial charge < -0.3 is 16.8 Å². The zero-order chi connectivity index (χ0) is 14.0. The Hall–Kier alpha value is -2.83. The van der Waals surface area contributed by atoms with Crippen molar-refractivity contribution in [3.8, 4) is 0 Å². The number of anilines is 2. The van der Waals surface area contributed by atoms with Gasteiger partial charge in [0.05, 0.1) is 0 Å². The van der Waals surface area contributed by atoms with Crippen LogP contribution >= 0.6 is 0 Å². The third-order valence-electron chi connectivity index (χ3n) is 2.51. The molecule has 0 spiro atoms. The summed E-state index contributed by atoms with van der Waals surface area (Å²) in [6, 6.07) is 6.34. The van der Waals surface area contributed by atoms with Crippen molar-refractivity contribution >= 4 is 23.3 Å². The minimum absolute atomic E-state index is 0.144. The van der Waals surface area contributed by atoms with Gasteiger partial charge in [-0.2, -0.15) is 5.10 Å². The largest absolute Gasteiger partial charge is 0.382 e. The standard InChI is InChI=1S/C12H13N5O2/c1-17-6-9(10(13)16-17)12(19)15-8-4-2-3-7(5-8)11(14)18/h2-6H,1H3,(H2,13,16)(H2,14,18)(H,15,19). The van der Waals surface area contributed by atoms with Gasteiger partial charge in [-0.3, -0.25) is 14.3 Å². The van der Waals surface area contributed by atoms with E-state index in [-0.39, 0.29) is 11.4 Å². The molecule has 0 radical (unpaired) electrons. The number of carbonyl (C=O) groups is 2. The Morgan fingerprint density at radius 2 is 2.11 bits per heavy atom. The zero-order valence-electron chi connectivity index (χ0n) is 10.3. The first kappa shape index (κ1) is 12.6. The fourth-order valence-electron chi connectivity index (χ4n) is 1.63. The molecule has 2 amide bonds. The molecule has 5 N–H and O–H groups in total. The van der Waals surface area contributed by atoms with Crippen LogP contribution in [0.25, 0.3) is 0 Å². The van der Waals surface area contributed by atoms with Crippen molar-refractivity contribution in [3.63, 3.8) is 0 Å². The number of primary amides is 1. The average molecular weight is 259 g/mol. The van der Waals surface area contributed by atoms with Crippen LogP contribution < -0.4 is 16.8 Å². The molecule has 98 valence electrons. The molecule has 2 rings (SSSR count). The third kappa shape index (κ3) is 2.71. The lowest BCUT2D eigenvalue weighted by molar-refractivity contribution is 0.0996. The van der Waals surface area contributed by atoms with Crippen LogP contribution in [0.15, 0.2) is 30.5 Å². The van der Waals surface area contributed by atoms with Gasteiger partial charge in [0.15, 0.2) is 5.82 Å². The van der Waals surface area contributed by atoms with Gasteiger partial charge in [0, 0.05) is 24.5 Å². The molecule has 0 unspecified atom stereocenters. The number of aromatic nitrogens is 2. The number of rotatable bonds is 3. The molecule has 2 aromatic rings. The van der Waals surface area contributed by atoms with Gasteiger partial charge in [-0.05, 0) is 18.2 Å². The van der Waals surface area contributed by atoms with Crippen molar-refractivity contribution in [2.24, 2.45) is 12.8 Å². The number of nitrogens with zero attached hydrogens (tertiary/aromatic N) is 2. The van der Waals surface area contributed by atoms with Crippen molar-refractivity contribution in [2.45, 2.75) is 0 Å². The number of aryl methyl sites for hydroxylation is 1. The highest BCUT2D eigenvalue weighted by molar-refractivity contribution is 6.07. The quantitative estimate of drug-likeness (QED) is 0.737. The number of carbonyl (C=O) groups excluding carboxylic acids is 2. The second-order valence-electron chi connectivity index (χ2n) is 4.00. The highest BCUT2D eigenvalue weighted by Gasteiger charge is 2.13. The van der Waals surface area contributed by atoms with Gasteiger partial charge in [0.2, 0.25) is 5.91 Å². The normalized spacial score (nSPS) is 10.2. The van der Waals surface area contributed by atoms with Crippen LogP contribution in [-0.4, -0.2) is 21.6 Å². The first-order valence-corrected chi connectivity index (χ1v) is 5.47. The van der Waals surface area contributed by atoms with Crippen LogP contribution in [0.3, 0.4) is 0 Å². The van der Waals surface area contributed by atoms with E-state index >= 15 is 0 Å². The van der Waals surface area contributed by atoms with Gasteiger partial charge in [-0.15, -0.1) is 0 Å². The second kappa shape index (κ2) is 4.81. The summed E-state index contributed by atoms with van der Waals surface area (Å²) < 4.78 is 1.45. The molecule has 0 fully saturated rings. The first-order chi connectivity index (χ1) is 8.97. The van der Waals surface area contributed by atoms with Crippen molar-refractivity contribution < 1.29 is 9.59 Å². The number of nitrogen functional groups attached to an aromatic ring is 1. The summed E-state index contributed by atoms with van der Waals surface area (Å²) in [5, 5.41) is 6.51. The Balaban J connectivity index is 2.21. The fourth-order valence-corrected chi connectivity index (χ4v) is 1.63. The third-order valence-corrected chi connectivity index (χ3v) is 2.51. The molecule has 1 aromatic carbocycles. The number of nitrogens with one attached hydrogen (secondary N) is 1. The van der Waals surface area contributed by atoms with Gasteiger partial charge in [-0.1, -0.05) is 6.07 Å². The number of hydrogen-bond acceptors (Lipinski definition) is 4. The van der Waals surface area contributed by atoms with Crippen molar-refractivity contribution in [2.75, 3.05) is 11.1 Å². The Labute approximate surface area is 109 Å². The highest BCUT2D eigenvalue weighted by Crippen LogP contribution is 2.14. The topological polar surface area (TPSA) is 116 Å². The number of nitrogens with two attached hydrogens (primary N) is 2. The second-order valence-corrected chi connectivity index (χ2v) is 4.00. The minimum Gasteiger partial charge on any atom is -0.382 e. The summed E-state index contributed by atoms with van der Waals surface area (Å²) in [5.41, 5.74) is 11.8. The van der Waals surface area contributed by atoms with E-state index in [1.807, 2.05) is 0 Å². The SMILES string of the molecule is Cn1cc(C(=O)Nc2cccc(C(N)=O)c2)c(N)n1. The first-order valence-electron chi connectivity index (χ1n) is 5.47. The molecule has 0 saturated heterocycles. The molecule has 1 heterocycles. The van der Waals surface area contributed by atoms with Crippen molar-refractivity contribution in [1.82, 2.24) is 9.78 Å². The summed E-state index contributed by atoms with van der Waals surface area (Å²) in [7, 11) is 1.67. The Bertz CT molecular complexity index is 647. The molecule has 7 heteroatoms. The van der Waals surface area contributed by atoms with Crippen LogP contribution in [0.1, 0.15) is 20.7 Å². The van der Waals surface area contributed by atoms with E-state index in [0.717, 1.165) is 0 Å². The fraction of sp³-hybridized carbons (Fsp3) is 0.0833. The lowest BCUT2D eigenvalue weighted by Crippen LogP contribution is -2.15. The summed E-state index contributed by atoms with van der Waals surface area (Å²) in [5.74, 6) is -0.810. The molecule has 0 aliphatic carbocycles. The van der Waals surface area contributed by atoms with Gasteiger partial charge in [-0.25, -0.2) is 0 Å². The van der Waals surface area contributed by atoms with Crippen LogP contribution in [0.5, 0.6) is 0 Å². The molecule has 0 aliphatic rings. The molecule has 0 atom stereocenters. The monoisotopic (exact) mass is 259 g/mol. The molecule has 0 aliphatic heterocycles. The summed E-state index contributed by atoms with van der Waals surface area (Å²) in [4.78, 5) is 23.0. The summed E-state index contributed by atoms with van der Waals surface area (Å²) in [6.45, 7) is 0. The van der Waals surface area contributed by atoms with Crippen LogP contribution in [0.2, 0.25) is 0 Å². The number of amides is 2. The van der Waals surface area contributed by atoms with E-state index in [1.165, 1.54) is 16.9 Å². The van der Waals surface area contributed by atoms with Gasteiger partial charge >= 0.3 is 0 Å². The molecular formula is C12H13N5O2. The maximum Gasteiger partial charge on any atom is 0.261 e. The zero-order valence-corrected chi connectivity index (χ0v) is 10.3. The smallest absolute Gasteiger partial charge is 0.261 e. The predicted molar refractivity (Wildman–Crippen MR) is 70.5 cm³/mol. The lowest BCUT2D eigenvalue weighted by atomic mass is 10.2. The van der Waals surface area contributed by atoms with E-state index in [0.29, 0.717) is 11.3 Å². The summed E-state index contributed by atoms with van der Waals surface area (Å²) in [6.07, 6.45) is 1.52. The van der Waals surface area contributed by atoms with Crippen LogP contribution in [0.4, 0.5) is 11.5 Å². The van der Waals surface area contributed by atoms with E-state index in [9.17, 15) is 9.59 Å². The van der Waals surface area contributed by atoms with Gasteiger partial charge in [0.1, 0.15) is 5.56 Å². The van der Waals surface area contributed by atoms with Crippen molar-refractivity contribution in [1.29, 1.82) is 0 Å². The Kier molecular flexibility index (Phi) is 3.19. The highest BCUT2D eigenvalue weighted by atomic mass is 16.2. The molecule has 0 bridgehead atoms. The molecule has 19 heavy (non-hydrogen) atoms. The average Bonchev–Trinajstić information content (AvgIpc) is 2.69. The van der Waals surface area contributed by atoms with E-state index < -0.39 is 11.8 Å². The minimum atomic E-state index is -0.558. The predicted octanol–water partition coefficient (Wildman–Crippen LogP) is 0.354. The number of hydrogen-bond donors (Lipinski definition) is 3. The van der Waals surface area contributed by atoms with E-state index in [1.54, 1.807) is 25.2 Å². The summed E-state index contributed by atoms with van der Waals surface area (Å²) >= 11 is 0. The van der Waals surface area contributed by atoms with Crippen LogP contribution in [-0.2, 0) is 7.05 Å². The number of benzene rings is 1. The van der Waals surface area contributed by atoms with Crippen LogP contribution in [0, 0.1) is 0 Å². The van der Waals surface area contributed by atoms with E-state index in [2.05, 4.69) is 10.4 Å². The Morgan fingerprint density at radius 1 is 1.37 bits per heavy atom. The lowest BCUT2D eigenvalue weighted by Gasteiger charge is -2.05. The molecule has 1 aromatic heterocycles. The maximum atomic E-state index is 12.0. The van der Waals surface area contributed by atoms with E-state index in [4.69, 9.17) is 11.5 Å². The van der Waals surface area contributed by atoms with Crippen molar-refractivity contribution in [3.05, 3.63) is 41.6 Å². The molecular weight excluding hydrogens is 246 g/mol. The maximum absolute atomic E-state index is 12.0. The molecule has 7 nitrogen and oxygen atoms in total.